The average Bonchev–Trinajstić information content (AvgIpc) is 3.88. The van der Waals surface area contributed by atoms with Crippen LogP contribution in [0.5, 0.6) is 5.88 Å². The number of nitrogens with zero attached hydrogens (tertiary/aromatic N) is 4. The van der Waals surface area contributed by atoms with Gasteiger partial charge < -0.3 is 24.5 Å². The van der Waals surface area contributed by atoms with Gasteiger partial charge in [0.1, 0.15) is 17.3 Å². The van der Waals surface area contributed by atoms with E-state index in [9.17, 15) is 5.11 Å². The summed E-state index contributed by atoms with van der Waals surface area (Å²) in [5.41, 5.74) is 4.14. The van der Waals surface area contributed by atoms with Gasteiger partial charge in [-0.15, -0.1) is 0 Å². The topological polar surface area (TPSA) is 94.3 Å². The minimum atomic E-state index is -1.56. The average molecular weight is 782 g/mol. The zero-order chi connectivity index (χ0) is 40.2. The van der Waals surface area contributed by atoms with Crippen LogP contribution in [0.3, 0.4) is 0 Å². The Labute approximate surface area is 343 Å². The SMILES string of the molecule is COc1nc(NC(c2ccccc2)(c2ccccc2)c2ccccc2)nc2c1ncn2[C@@H]1C[C@H](CO)[C@@H](OC(c2ccccc2)(c2ccccc2)c2ccccc2)[C@@H]1F. The number of halogens is 1. The Balaban J connectivity index is 1.16. The van der Waals surface area contributed by atoms with Crippen LogP contribution in [0.2, 0.25) is 0 Å². The first-order valence-electron chi connectivity index (χ1n) is 19.9. The van der Waals surface area contributed by atoms with Crippen molar-refractivity contribution in [3.63, 3.8) is 0 Å². The Kier molecular flexibility index (Phi) is 10.5. The Hall–Kier alpha value is -6.68. The van der Waals surface area contributed by atoms with Crippen LogP contribution in [0.1, 0.15) is 45.8 Å². The van der Waals surface area contributed by atoms with Gasteiger partial charge in [-0.2, -0.15) is 9.97 Å². The Morgan fingerprint density at radius 3 is 1.47 bits per heavy atom. The van der Waals surface area contributed by atoms with Gasteiger partial charge in [0.2, 0.25) is 11.8 Å². The van der Waals surface area contributed by atoms with Gasteiger partial charge in [0.05, 0.1) is 25.6 Å². The molecule has 294 valence electrons. The molecule has 0 radical (unpaired) electrons. The quantitative estimate of drug-likeness (QED) is 0.113. The molecule has 2 heterocycles. The van der Waals surface area contributed by atoms with E-state index in [0.29, 0.717) is 11.2 Å². The van der Waals surface area contributed by atoms with Crippen molar-refractivity contribution in [2.45, 2.75) is 35.9 Å². The summed E-state index contributed by atoms with van der Waals surface area (Å²) in [6, 6.07) is 59.4. The predicted molar refractivity (Wildman–Crippen MR) is 228 cm³/mol. The van der Waals surface area contributed by atoms with Crippen molar-refractivity contribution in [1.29, 1.82) is 0 Å². The summed E-state index contributed by atoms with van der Waals surface area (Å²) in [4.78, 5) is 14.7. The number of fused-ring (bicyclic) bond motifs is 1. The molecular weight excluding hydrogens is 738 g/mol. The zero-order valence-electron chi connectivity index (χ0n) is 32.6. The summed E-state index contributed by atoms with van der Waals surface area (Å²) >= 11 is 0. The maximum Gasteiger partial charge on any atom is 0.246 e. The van der Waals surface area contributed by atoms with E-state index >= 15 is 4.39 Å². The van der Waals surface area contributed by atoms with Crippen molar-refractivity contribution < 1.29 is 19.0 Å². The standard InChI is InChI=1S/C50H44FN5O3/c1-58-47-44-46(53-48(54-47)55-49(36-20-8-2-9-21-36,37-22-10-3-11-23-37)38-24-12-4-13-25-38)56(34-52-44)42-32-35(33-57)45(43(42)51)59-50(39-26-14-5-15-27-39,40-28-16-6-17-29-40)41-30-18-7-19-31-41/h2-31,34-35,42-43,45,57H,32-33H2,1H3,(H,53,54,55)/t35-,42-,43-,45-/m1/s1. The maximum absolute atomic E-state index is 17.7. The Morgan fingerprint density at radius 2 is 1.07 bits per heavy atom. The fourth-order valence-electron chi connectivity index (χ4n) is 8.87. The number of aliphatic hydroxyl groups excluding tert-OH is 1. The van der Waals surface area contributed by atoms with Crippen molar-refractivity contribution in [3.05, 3.63) is 222 Å². The van der Waals surface area contributed by atoms with Gasteiger partial charge in [0.25, 0.3) is 0 Å². The monoisotopic (exact) mass is 781 g/mol. The Bertz CT molecular complexity index is 2410. The van der Waals surface area contributed by atoms with Crippen molar-refractivity contribution in [2.24, 2.45) is 5.92 Å². The molecule has 0 aliphatic heterocycles. The molecule has 8 nitrogen and oxygen atoms in total. The van der Waals surface area contributed by atoms with Gasteiger partial charge in [-0.1, -0.05) is 182 Å². The van der Waals surface area contributed by atoms with Gasteiger partial charge in [0, 0.05) is 12.5 Å². The van der Waals surface area contributed by atoms with E-state index in [1.807, 2.05) is 146 Å². The van der Waals surface area contributed by atoms with Crippen molar-refractivity contribution >= 4 is 17.1 Å². The van der Waals surface area contributed by atoms with E-state index in [1.54, 1.807) is 18.0 Å². The van der Waals surface area contributed by atoms with Crippen molar-refractivity contribution in [2.75, 3.05) is 19.0 Å². The molecule has 9 rings (SSSR count). The molecule has 9 heteroatoms. The molecule has 0 amide bonds. The molecule has 2 N–H and O–H groups in total. The van der Waals surface area contributed by atoms with Gasteiger partial charge in [-0.05, 0) is 39.8 Å². The molecule has 6 aromatic carbocycles. The number of rotatable bonds is 13. The molecule has 1 aliphatic rings. The molecule has 1 fully saturated rings. The van der Waals surface area contributed by atoms with Crippen LogP contribution in [0.4, 0.5) is 10.3 Å². The highest BCUT2D eigenvalue weighted by Gasteiger charge is 2.51. The minimum Gasteiger partial charge on any atom is -0.479 e. The van der Waals surface area contributed by atoms with Crippen LogP contribution in [-0.4, -0.2) is 50.6 Å². The van der Waals surface area contributed by atoms with Crippen molar-refractivity contribution in [1.82, 2.24) is 19.5 Å². The van der Waals surface area contributed by atoms with Gasteiger partial charge >= 0.3 is 0 Å². The second-order valence-corrected chi connectivity index (χ2v) is 14.9. The number of ether oxygens (including phenoxy) is 2. The Morgan fingerprint density at radius 1 is 0.644 bits per heavy atom. The fraction of sp³-hybridized carbons (Fsp3) is 0.180. The molecule has 1 saturated carbocycles. The lowest BCUT2D eigenvalue weighted by Crippen LogP contribution is -2.42. The number of imidazole rings is 1. The number of benzene rings is 6. The summed E-state index contributed by atoms with van der Waals surface area (Å²) in [5, 5.41) is 14.7. The third-order valence-corrected chi connectivity index (χ3v) is 11.6. The van der Waals surface area contributed by atoms with Gasteiger partial charge in [-0.25, -0.2) is 9.37 Å². The van der Waals surface area contributed by atoms with E-state index in [1.165, 1.54) is 0 Å². The van der Waals surface area contributed by atoms with Crippen molar-refractivity contribution in [3.8, 4) is 5.88 Å². The number of nitrogens with one attached hydrogen (secondary N) is 1. The molecule has 0 spiro atoms. The summed E-state index contributed by atoms with van der Waals surface area (Å²) in [5.74, 6) is -0.0366. The minimum absolute atomic E-state index is 0.246. The lowest BCUT2D eigenvalue weighted by Gasteiger charge is -2.40. The van der Waals surface area contributed by atoms with E-state index in [2.05, 4.69) is 46.7 Å². The third-order valence-electron chi connectivity index (χ3n) is 11.6. The first-order valence-corrected chi connectivity index (χ1v) is 19.9. The largest absolute Gasteiger partial charge is 0.479 e. The number of anilines is 1. The van der Waals surface area contributed by atoms with Crippen LogP contribution in [0.25, 0.3) is 11.2 Å². The third kappa shape index (κ3) is 6.72. The number of hydrogen-bond acceptors (Lipinski definition) is 7. The molecule has 1 aliphatic carbocycles. The van der Waals surface area contributed by atoms with Crippen LogP contribution in [-0.2, 0) is 15.9 Å². The number of methoxy groups -OCH3 is 1. The number of aliphatic hydroxyl groups is 1. The van der Waals surface area contributed by atoms with Crippen LogP contribution in [0, 0.1) is 5.92 Å². The molecule has 0 unspecified atom stereocenters. The molecular formula is C50H44FN5O3. The first kappa shape index (κ1) is 37.9. The first-order chi connectivity index (χ1) is 29.1. The molecule has 8 aromatic rings. The normalized spacial score (nSPS) is 18.2. The highest BCUT2D eigenvalue weighted by Crippen LogP contribution is 2.48. The second kappa shape index (κ2) is 16.3. The van der Waals surface area contributed by atoms with E-state index in [0.717, 1.165) is 33.4 Å². The predicted octanol–water partition coefficient (Wildman–Crippen LogP) is 9.51. The zero-order valence-corrected chi connectivity index (χ0v) is 32.6. The fourth-order valence-corrected chi connectivity index (χ4v) is 8.87. The molecule has 0 saturated heterocycles. The lowest BCUT2D eigenvalue weighted by atomic mass is 9.77. The molecule has 0 bridgehead atoms. The summed E-state index contributed by atoms with van der Waals surface area (Å²) in [7, 11) is 1.54. The summed E-state index contributed by atoms with van der Waals surface area (Å²) < 4.78 is 32.6. The highest BCUT2D eigenvalue weighted by molar-refractivity contribution is 5.78. The van der Waals surface area contributed by atoms with Gasteiger partial charge in [0.15, 0.2) is 11.2 Å². The summed E-state index contributed by atoms with van der Waals surface area (Å²) in [6.07, 6.45) is -0.697. The second-order valence-electron chi connectivity index (χ2n) is 14.9. The van der Waals surface area contributed by atoms with Crippen LogP contribution >= 0.6 is 0 Å². The number of hydrogen-bond donors (Lipinski definition) is 2. The number of aromatic nitrogens is 4. The summed E-state index contributed by atoms with van der Waals surface area (Å²) in [6.45, 7) is -0.276. The number of alkyl halides is 1. The molecule has 2 aromatic heterocycles. The van der Waals surface area contributed by atoms with E-state index in [-0.39, 0.29) is 24.9 Å². The molecule has 4 atom stereocenters. The van der Waals surface area contributed by atoms with Crippen LogP contribution in [0.15, 0.2) is 188 Å². The van der Waals surface area contributed by atoms with Crippen LogP contribution < -0.4 is 10.1 Å². The maximum atomic E-state index is 17.7. The van der Waals surface area contributed by atoms with Gasteiger partial charge in [-0.3, -0.25) is 0 Å². The lowest BCUT2D eigenvalue weighted by molar-refractivity contribution is -0.0982. The molecule has 59 heavy (non-hydrogen) atoms. The van der Waals surface area contributed by atoms with E-state index in [4.69, 9.17) is 19.4 Å². The van der Waals surface area contributed by atoms with E-state index < -0.39 is 35.4 Å². The smallest absolute Gasteiger partial charge is 0.246 e. The highest BCUT2D eigenvalue weighted by atomic mass is 19.1.